The molecule has 0 amide bonds. The van der Waals surface area contributed by atoms with Gasteiger partial charge in [-0.05, 0) is 137 Å². The molecule has 1 heterocycles. The fraction of sp³-hybridized carbons (Fsp3) is 0. The topological polar surface area (TPSA) is 16.4 Å². The van der Waals surface area contributed by atoms with Gasteiger partial charge in [-0.25, -0.2) is 0 Å². The van der Waals surface area contributed by atoms with E-state index in [0.717, 1.165) is 66.8 Å². The molecule has 0 aliphatic heterocycles. The van der Waals surface area contributed by atoms with Crippen LogP contribution in [0, 0.1) is 0 Å². The summed E-state index contributed by atoms with van der Waals surface area (Å²) in [4.78, 5) is 2.41. The zero-order chi connectivity index (χ0) is 43.6. The minimum absolute atomic E-state index is 0.861. The maximum absolute atomic E-state index is 6.94. The monoisotopic (exact) mass is 839 g/mol. The first-order valence-corrected chi connectivity index (χ1v) is 22.7. The molecule has 0 N–H and O–H groups in total. The number of rotatable bonds is 7. The van der Waals surface area contributed by atoms with Gasteiger partial charge in [-0.2, -0.15) is 0 Å². The van der Waals surface area contributed by atoms with Gasteiger partial charge in [-0.15, -0.1) is 0 Å². The van der Waals surface area contributed by atoms with E-state index in [4.69, 9.17) is 4.42 Å². The van der Waals surface area contributed by atoms with Crippen LogP contribution in [0.4, 0.5) is 17.1 Å². The molecular weight excluding hydrogens is 799 g/mol. The summed E-state index contributed by atoms with van der Waals surface area (Å²) >= 11 is 0. The minimum atomic E-state index is 0.861. The molecule has 12 aromatic carbocycles. The Hall–Kier alpha value is -8.72. The Balaban J connectivity index is 1.00. The summed E-state index contributed by atoms with van der Waals surface area (Å²) in [7, 11) is 0. The maximum Gasteiger partial charge on any atom is 0.145 e. The fourth-order valence-electron chi connectivity index (χ4n) is 10.3. The molecule has 0 saturated carbocycles. The van der Waals surface area contributed by atoms with Crippen LogP contribution in [0.2, 0.25) is 0 Å². The highest BCUT2D eigenvalue weighted by Crippen LogP contribution is 2.48. The molecule has 0 aliphatic rings. The summed E-state index contributed by atoms with van der Waals surface area (Å²) < 4.78 is 6.94. The van der Waals surface area contributed by atoms with Gasteiger partial charge in [0.1, 0.15) is 11.2 Å². The van der Waals surface area contributed by atoms with Gasteiger partial charge in [-0.3, -0.25) is 0 Å². The van der Waals surface area contributed by atoms with Crippen LogP contribution in [0.25, 0.3) is 110 Å². The van der Waals surface area contributed by atoms with Crippen molar-refractivity contribution in [3.63, 3.8) is 0 Å². The predicted molar refractivity (Wildman–Crippen MR) is 280 cm³/mol. The first-order valence-electron chi connectivity index (χ1n) is 22.7. The molecule has 0 unspecified atom stereocenters. The van der Waals surface area contributed by atoms with E-state index in [-0.39, 0.29) is 0 Å². The number of hydrogen-bond acceptors (Lipinski definition) is 2. The molecular formula is C64H41NO. The van der Waals surface area contributed by atoms with E-state index in [1.807, 2.05) is 0 Å². The van der Waals surface area contributed by atoms with Gasteiger partial charge >= 0.3 is 0 Å². The van der Waals surface area contributed by atoms with Crippen molar-refractivity contribution >= 4 is 82.1 Å². The average molecular weight is 840 g/mol. The van der Waals surface area contributed by atoms with E-state index in [2.05, 4.69) is 254 Å². The lowest BCUT2D eigenvalue weighted by atomic mass is 9.92. The second-order valence-corrected chi connectivity index (χ2v) is 17.2. The van der Waals surface area contributed by atoms with Crippen molar-refractivity contribution in [2.75, 3.05) is 4.90 Å². The molecule has 66 heavy (non-hydrogen) atoms. The van der Waals surface area contributed by atoms with Crippen molar-refractivity contribution in [3.05, 3.63) is 249 Å². The summed E-state index contributed by atoms with van der Waals surface area (Å²) in [6.07, 6.45) is 0. The third kappa shape index (κ3) is 6.26. The van der Waals surface area contributed by atoms with E-state index in [1.165, 1.54) is 59.8 Å². The van der Waals surface area contributed by atoms with Crippen LogP contribution in [-0.4, -0.2) is 0 Å². The number of benzene rings is 12. The molecule has 13 aromatic rings. The van der Waals surface area contributed by atoms with Crippen LogP contribution in [0.3, 0.4) is 0 Å². The van der Waals surface area contributed by atoms with Crippen molar-refractivity contribution in [2.45, 2.75) is 0 Å². The lowest BCUT2D eigenvalue weighted by Crippen LogP contribution is -2.10. The van der Waals surface area contributed by atoms with Crippen LogP contribution in [0.5, 0.6) is 0 Å². The molecule has 0 aliphatic carbocycles. The molecule has 0 bridgehead atoms. The number of furan rings is 1. The Kier molecular flexibility index (Phi) is 8.89. The van der Waals surface area contributed by atoms with Crippen LogP contribution in [0.15, 0.2) is 253 Å². The summed E-state index contributed by atoms with van der Waals surface area (Å²) in [6.45, 7) is 0. The molecule has 0 radical (unpaired) electrons. The first kappa shape index (κ1) is 37.8. The van der Waals surface area contributed by atoms with Crippen molar-refractivity contribution in [1.29, 1.82) is 0 Å². The Morgan fingerprint density at radius 3 is 1.55 bits per heavy atom. The lowest BCUT2D eigenvalue weighted by Gasteiger charge is -2.27. The normalized spacial score (nSPS) is 11.6. The second-order valence-electron chi connectivity index (χ2n) is 17.2. The number of para-hydroxylation sites is 1. The van der Waals surface area contributed by atoms with E-state index in [1.54, 1.807) is 0 Å². The van der Waals surface area contributed by atoms with Crippen LogP contribution in [-0.2, 0) is 0 Å². The third-order valence-electron chi connectivity index (χ3n) is 13.4. The molecule has 2 heteroatoms. The molecule has 0 saturated heterocycles. The number of fused-ring (bicyclic) bond motifs is 10. The second kappa shape index (κ2) is 15.5. The number of anilines is 3. The minimum Gasteiger partial charge on any atom is -0.455 e. The summed E-state index contributed by atoms with van der Waals surface area (Å²) in [5.41, 5.74) is 14.1. The van der Waals surface area contributed by atoms with Crippen molar-refractivity contribution < 1.29 is 4.42 Å². The molecule has 308 valence electrons. The van der Waals surface area contributed by atoms with Gasteiger partial charge < -0.3 is 9.32 Å². The highest BCUT2D eigenvalue weighted by Gasteiger charge is 2.23. The van der Waals surface area contributed by atoms with Gasteiger partial charge in [0, 0.05) is 22.3 Å². The van der Waals surface area contributed by atoms with Crippen molar-refractivity contribution in [3.8, 4) is 44.5 Å². The quantitative estimate of drug-likeness (QED) is 0.149. The van der Waals surface area contributed by atoms with E-state index in [0.29, 0.717) is 0 Å². The lowest BCUT2D eigenvalue weighted by molar-refractivity contribution is 0.670. The zero-order valence-corrected chi connectivity index (χ0v) is 36.0. The van der Waals surface area contributed by atoms with E-state index < -0.39 is 0 Å². The Bertz CT molecular complexity index is 3950. The third-order valence-corrected chi connectivity index (χ3v) is 13.4. The largest absolute Gasteiger partial charge is 0.455 e. The first-order chi connectivity index (χ1) is 32.7. The molecule has 13 rings (SSSR count). The van der Waals surface area contributed by atoms with Gasteiger partial charge in [-0.1, -0.05) is 194 Å². The van der Waals surface area contributed by atoms with Crippen LogP contribution in [0.1, 0.15) is 0 Å². The smallest absolute Gasteiger partial charge is 0.145 e. The molecule has 2 nitrogen and oxygen atoms in total. The van der Waals surface area contributed by atoms with Gasteiger partial charge in [0.15, 0.2) is 0 Å². The maximum atomic E-state index is 6.94. The zero-order valence-electron chi connectivity index (χ0n) is 36.0. The fourth-order valence-corrected chi connectivity index (χ4v) is 10.3. The van der Waals surface area contributed by atoms with Crippen LogP contribution >= 0.6 is 0 Å². The average Bonchev–Trinajstić information content (AvgIpc) is 3.79. The van der Waals surface area contributed by atoms with Crippen molar-refractivity contribution in [1.82, 2.24) is 0 Å². The summed E-state index contributed by atoms with van der Waals surface area (Å²) in [6, 6.07) is 90.1. The Morgan fingerprint density at radius 1 is 0.273 bits per heavy atom. The Labute approximate surface area is 382 Å². The molecule has 1 aromatic heterocycles. The summed E-state index contributed by atoms with van der Waals surface area (Å²) in [5, 5.41) is 12.2. The van der Waals surface area contributed by atoms with Gasteiger partial charge in [0.2, 0.25) is 0 Å². The molecule has 0 fully saturated rings. The predicted octanol–water partition coefficient (Wildman–Crippen LogP) is 18.3. The Morgan fingerprint density at radius 2 is 0.788 bits per heavy atom. The summed E-state index contributed by atoms with van der Waals surface area (Å²) in [5.74, 6) is 0. The molecule has 0 atom stereocenters. The van der Waals surface area contributed by atoms with Gasteiger partial charge in [0.25, 0.3) is 0 Å². The van der Waals surface area contributed by atoms with Gasteiger partial charge in [0.05, 0.1) is 11.1 Å². The number of nitrogens with zero attached hydrogens (tertiary/aromatic N) is 1. The standard InChI is InChI=1S/C64H41NO/c1-2-15-42(16-3-1)45-19-12-20-46(39-45)47-21-13-22-50(40-47)65(61-38-37-58(52-29-14-18-44-17-4-5-23-51(44)52)64-63(61)59-28-10-11-30-62(59)66-64)49-34-31-43(32-35-49)48-33-36-57-55-26-7-6-24-53(55)54-25-8-9-27-56(54)60(57)41-48/h1-41H. The SMILES string of the molecule is c1ccc(-c2cccc(-c3cccc(N(c4ccc(-c5ccc6c7ccccc7c7ccccc7c6c5)cc4)c4ccc(-c5cccc6ccccc56)c5oc6ccccc6c45)c3)c2)cc1. The van der Waals surface area contributed by atoms with Crippen molar-refractivity contribution in [2.24, 2.45) is 0 Å². The van der Waals surface area contributed by atoms with Crippen LogP contribution < -0.4 is 4.90 Å². The molecule has 0 spiro atoms. The highest BCUT2D eigenvalue weighted by atomic mass is 16.3. The van der Waals surface area contributed by atoms with E-state index in [9.17, 15) is 0 Å². The number of hydrogen-bond donors (Lipinski definition) is 0. The highest BCUT2D eigenvalue weighted by molar-refractivity contribution is 6.26. The van der Waals surface area contributed by atoms with E-state index >= 15 is 0 Å².